The third kappa shape index (κ3) is 2.22. The van der Waals surface area contributed by atoms with Crippen LogP contribution in [0.3, 0.4) is 0 Å². The van der Waals surface area contributed by atoms with Crippen LogP contribution in [-0.4, -0.2) is 56.1 Å². The summed E-state index contributed by atoms with van der Waals surface area (Å²) < 4.78 is 0. The number of hydrogen-bond acceptors (Lipinski definition) is 5. The van der Waals surface area contributed by atoms with Crippen LogP contribution in [0, 0.1) is 0 Å². The van der Waals surface area contributed by atoms with Crippen molar-refractivity contribution in [2.75, 3.05) is 13.6 Å². The number of carbonyl (C=O) groups is 2. The number of likely N-dealkylation sites (N-methyl/N-ethyl adjacent to an activating group) is 1. The molecule has 0 aliphatic heterocycles. The van der Waals surface area contributed by atoms with E-state index in [2.05, 4.69) is 20.6 Å². The fourth-order valence-electron chi connectivity index (χ4n) is 0.698. The summed E-state index contributed by atoms with van der Waals surface area (Å²) in [4.78, 5) is 22.4. The number of tetrazole rings is 1. The summed E-state index contributed by atoms with van der Waals surface area (Å²) in [7, 11) is 1.34. The molecule has 1 heterocycles. The molecule has 0 atom stereocenters. The maximum absolute atomic E-state index is 11.2. The van der Waals surface area contributed by atoms with Gasteiger partial charge in [0.2, 0.25) is 0 Å². The summed E-state index contributed by atoms with van der Waals surface area (Å²) in [5.41, 5.74) is 0. The number of nitrogens with zero attached hydrogens (tertiary/aromatic N) is 4. The molecule has 0 bridgehead atoms. The van der Waals surface area contributed by atoms with E-state index in [0.29, 0.717) is 0 Å². The molecule has 1 aromatic heterocycles. The number of H-pyrrole nitrogens is 1. The highest BCUT2D eigenvalue weighted by molar-refractivity contribution is 5.91. The zero-order chi connectivity index (χ0) is 9.84. The van der Waals surface area contributed by atoms with Crippen LogP contribution >= 0.6 is 0 Å². The summed E-state index contributed by atoms with van der Waals surface area (Å²) in [6.07, 6.45) is 0. The number of nitrogens with one attached hydrogen (secondary N) is 1. The van der Waals surface area contributed by atoms with Gasteiger partial charge in [0.1, 0.15) is 6.54 Å². The van der Waals surface area contributed by atoms with Crippen molar-refractivity contribution in [3.63, 3.8) is 0 Å². The molecule has 0 saturated heterocycles. The van der Waals surface area contributed by atoms with E-state index < -0.39 is 18.4 Å². The second-order valence-electron chi connectivity index (χ2n) is 2.29. The van der Waals surface area contributed by atoms with Crippen molar-refractivity contribution in [3.8, 4) is 0 Å². The van der Waals surface area contributed by atoms with Crippen LogP contribution in [0.25, 0.3) is 0 Å². The predicted octanol–water partition coefficient (Wildman–Crippen LogP) is -1.64. The highest BCUT2D eigenvalue weighted by Gasteiger charge is 2.17. The zero-order valence-electron chi connectivity index (χ0n) is 6.76. The molecule has 70 valence electrons. The van der Waals surface area contributed by atoms with Gasteiger partial charge in [0.05, 0.1) is 0 Å². The van der Waals surface area contributed by atoms with Crippen LogP contribution in [0.4, 0.5) is 0 Å². The third-order valence-corrected chi connectivity index (χ3v) is 1.26. The van der Waals surface area contributed by atoms with Crippen molar-refractivity contribution in [1.29, 1.82) is 0 Å². The summed E-state index contributed by atoms with van der Waals surface area (Å²) in [6, 6.07) is 0. The van der Waals surface area contributed by atoms with Crippen LogP contribution in [0.15, 0.2) is 0 Å². The molecule has 0 unspecified atom stereocenters. The lowest BCUT2D eigenvalue weighted by Crippen LogP contribution is -2.32. The Balaban J connectivity index is 2.63. The number of aliphatic carboxylic acids is 1. The number of rotatable bonds is 3. The Morgan fingerprint density at radius 2 is 2.31 bits per heavy atom. The molecule has 2 N–H and O–H groups in total. The van der Waals surface area contributed by atoms with Crippen LogP contribution in [0.1, 0.15) is 10.6 Å². The lowest BCUT2D eigenvalue weighted by molar-refractivity contribution is -0.137. The van der Waals surface area contributed by atoms with Gasteiger partial charge < -0.3 is 10.0 Å². The van der Waals surface area contributed by atoms with Crippen LogP contribution in [0.2, 0.25) is 0 Å². The molecular weight excluding hydrogens is 178 g/mol. The lowest BCUT2D eigenvalue weighted by atomic mass is 10.5. The molecule has 8 heteroatoms. The van der Waals surface area contributed by atoms with Gasteiger partial charge in [-0.1, -0.05) is 0 Å². The van der Waals surface area contributed by atoms with Gasteiger partial charge in [-0.25, -0.2) is 0 Å². The van der Waals surface area contributed by atoms with Crippen molar-refractivity contribution in [2.24, 2.45) is 0 Å². The fraction of sp³-hybridized carbons (Fsp3) is 0.400. The molecule has 0 fully saturated rings. The molecule has 0 radical (unpaired) electrons. The minimum atomic E-state index is -1.10. The highest BCUT2D eigenvalue weighted by Crippen LogP contribution is 1.92. The molecule has 0 spiro atoms. The van der Waals surface area contributed by atoms with E-state index in [1.54, 1.807) is 0 Å². The molecular formula is C5H7N5O3. The number of carboxylic acid groups (broad SMARTS) is 1. The normalized spacial score (nSPS) is 9.62. The second-order valence-corrected chi connectivity index (χ2v) is 2.29. The van der Waals surface area contributed by atoms with E-state index in [1.807, 2.05) is 0 Å². The minimum Gasteiger partial charge on any atom is -0.480 e. The first-order valence-corrected chi connectivity index (χ1v) is 3.32. The van der Waals surface area contributed by atoms with E-state index in [-0.39, 0.29) is 5.82 Å². The lowest BCUT2D eigenvalue weighted by Gasteiger charge is -2.10. The molecule has 13 heavy (non-hydrogen) atoms. The molecule has 1 rings (SSSR count). The maximum atomic E-state index is 11.2. The summed E-state index contributed by atoms with van der Waals surface area (Å²) in [6.45, 7) is -0.395. The Kier molecular flexibility index (Phi) is 2.52. The first-order valence-electron chi connectivity index (χ1n) is 3.32. The molecule has 1 amide bonds. The standard InChI is InChI=1S/C5H7N5O3/c1-10(2-3(11)12)5(13)4-6-8-9-7-4/h2H2,1H3,(H,11,12)(H,6,7,8,9). The minimum absolute atomic E-state index is 0.149. The van der Waals surface area contributed by atoms with Gasteiger partial charge >= 0.3 is 5.97 Å². The van der Waals surface area contributed by atoms with Crippen molar-refractivity contribution in [1.82, 2.24) is 25.5 Å². The van der Waals surface area contributed by atoms with E-state index in [9.17, 15) is 9.59 Å². The highest BCUT2D eigenvalue weighted by atomic mass is 16.4. The smallest absolute Gasteiger partial charge is 0.323 e. The Labute approximate surface area is 72.5 Å². The van der Waals surface area contributed by atoms with Gasteiger partial charge in [-0.2, -0.15) is 5.21 Å². The molecule has 8 nitrogen and oxygen atoms in total. The Morgan fingerprint density at radius 1 is 1.62 bits per heavy atom. The van der Waals surface area contributed by atoms with Gasteiger partial charge in [-0.3, -0.25) is 9.59 Å². The number of hydrogen-bond donors (Lipinski definition) is 2. The largest absolute Gasteiger partial charge is 0.480 e. The van der Waals surface area contributed by atoms with Crippen molar-refractivity contribution in [2.45, 2.75) is 0 Å². The summed E-state index contributed by atoms with van der Waals surface area (Å²) >= 11 is 0. The number of aromatic nitrogens is 4. The van der Waals surface area contributed by atoms with Crippen LogP contribution in [-0.2, 0) is 4.79 Å². The van der Waals surface area contributed by atoms with Crippen molar-refractivity contribution >= 4 is 11.9 Å². The van der Waals surface area contributed by atoms with Gasteiger partial charge in [-0.15, -0.1) is 10.2 Å². The molecule has 1 aromatic rings. The number of amides is 1. The summed E-state index contributed by atoms with van der Waals surface area (Å²) in [5, 5.41) is 20.5. The Bertz CT molecular complexity index is 308. The third-order valence-electron chi connectivity index (χ3n) is 1.26. The van der Waals surface area contributed by atoms with E-state index in [4.69, 9.17) is 5.11 Å². The van der Waals surface area contributed by atoms with Gasteiger partial charge in [0, 0.05) is 7.05 Å². The molecule has 0 saturated carbocycles. The first kappa shape index (κ1) is 9.10. The van der Waals surface area contributed by atoms with Crippen molar-refractivity contribution in [3.05, 3.63) is 5.82 Å². The molecule has 0 aliphatic carbocycles. The van der Waals surface area contributed by atoms with Gasteiger partial charge in [0.25, 0.3) is 11.7 Å². The topological polar surface area (TPSA) is 112 Å². The average Bonchev–Trinajstić information content (AvgIpc) is 2.53. The van der Waals surface area contributed by atoms with Crippen LogP contribution < -0.4 is 0 Å². The SMILES string of the molecule is CN(CC(=O)O)C(=O)c1nn[nH]n1. The predicted molar refractivity (Wildman–Crippen MR) is 38.8 cm³/mol. The summed E-state index contributed by atoms with van der Waals surface area (Å²) in [5.74, 6) is -1.83. The van der Waals surface area contributed by atoms with Gasteiger partial charge in [0.15, 0.2) is 0 Å². The van der Waals surface area contributed by atoms with Gasteiger partial charge in [-0.05, 0) is 5.21 Å². The number of carboxylic acids is 1. The molecule has 0 aromatic carbocycles. The zero-order valence-corrected chi connectivity index (χ0v) is 6.76. The first-order chi connectivity index (χ1) is 6.11. The maximum Gasteiger partial charge on any atom is 0.323 e. The van der Waals surface area contributed by atoms with E-state index >= 15 is 0 Å². The average molecular weight is 185 g/mol. The molecule has 0 aliphatic rings. The number of aromatic amines is 1. The van der Waals surface area contributed by atoms with E-state index in [1.165, 1.54) is 7.05 Å². The number of carbonyl (C=O) groups excluding carboxylic acids is 1. The van der Waals surface area contributed by atoms with Crippen LogP contribution in [0.5, 0.6) is 0 Å². The van der Waals surface area contributed by atoms with Crippen molar-refractivity contribution < 1.29 is 14.7 Å². The Hall–Kier alpha value is -1.99. The quantitative estimate of drug-likeness (QED) is 0.583. The van der Waals surface area contributed by atoms with E-state index in [0.717, 1.165) is 4.90 Å². The fourth-order valence-corrected chi connectivity index (χ4v) is 0.698. The monoisotopic (exact) mass is 185 g/mol. The Morgan fingerprint density at radius 3 is 2.77 bits per heavy atom. The second kappa shape index (κ2) is 3.61.